The van der Waals surface area contributed by atoms with Crippen molar-refractivity contribution in [2.24, 2.45) is 0 Å². The Kier molecular flexibility index (Phi) is 4.20. The van der Waals surface area contributed by atoms with Crippen molar-refractivity contribution in [2.75, 3.05) is 0 Å². The first kappa shape index (κ1) is 9.22. The van der Waals surface area contributed by atoms with Crippen LogP contribution in [0.3, 0.4) is 0 Å². The number of benzene rings is 1. The Morgan fingerprint density at radius 2 is 1.89 bits per heavy atom. The van der Waals surface area contributed by atoms with Crippen molar-refractivity contribution >= 4 is 29.6 Å². The second-order valence-corrected chi connectivity index (χ2v) is 2.05. The molecule has 0 bridgehead atoms. The quantitative estimate of drug-likeness (QED) is 0.465. The summed E-state index contributed by atoms with van der Waals surface area (Å²) >= 11 is 0. The fraction of sp³-hybridized carbons (Fsp3) is 0.250. The van der Waals surface area contributed by atoms with Crippen molar-refractivity contribution in [2.45, 2.75) is 13.8 Å². The fourth-order valence-electron chi connectivity index (χ4n) is 0.580. The third-order valence-corrected chi connectivity index (χ3v) is 1.12. The van der Waals surface area contributed by atoms with Gasteiger partial charge >= 0.3 is 29.6 Å². The monoisotopic (exact) mass is 129 g/mol. The summed E-state index contributed by atoms with van der Waals surface area (Å²) in [6.45, 7) is 4.11. The number of hydrogen-bond donors (Lipinski definition) is 0. The van der Waals surface area contributed by atoms with E-state index in [-0.39, 0.29) is 29.6 Å². The Balaban J connectivity index is 0.000000640. The van der Waals surface area contributed by atoms with E-state index in [1.165, 1.54) is 11.1 Å². The minimum absolute atomic E-state index is 0. The number of hydrogen-bond acceptors (Lipinski definition) is 0. The standard InChI is InChI=1S/C8H9.Na.H/c1-7-3-5-8(2)6-4-7;;/h3-5H,1-2H3;;. The Morgan fingerprint density at radius 3 is 2.22 bits per heavy atom. The van der Waals surface area contributed by atoms with Gasteiger partial charge in [-0.15, -0.1) is 0 Å². The molecule has 1 radical (unpaired) electrons. The van der Waals surface area contributed by atoms with Gasteiger partial charge in [0.15, 0.2) is 0 Å². The normalized spacial score (nSPS) is 8.22. The minimum atomic E-state index is 0. The summed E-state index contributed by atoms with van der Waals surface area (Å²) in [6, 6.07) is 9.25. The van der Waals surface area contributed by atoms with Crippen molar-refractivity contribution < 1.29 is 0 Å². The summed E-state index contributed by atoms with van der Waals surface area (Å²) in [6.07, 6.45) is 0. The van der Waals surface area contributed by atoms with E-state index in [0.717, 1.165) is 0 Å². The number of rotatable bonds is 0. The SMILES string of the molecule is Cc1[c]cc(C)cc1.[NaH]. The van der Waals surface area contributed by atoms with Gasteiger partial charge in [-0.1, -0.05) is 23.8 Å². The molecule has 0 heterocycles. The zero-order valence-electron chi connectivity index (χ0n) is 5.23. The van der Waals surface area contributed by atoms with Gasteiger partial charge in [0.2, 0.25) is 0 Å². The summed E-state index contributed by atoms with van der Waals surface area (Å²) < 4.78 is 0. The summed E-state index contributed by atoms with van der Waals surface area (Å²) in [5.74, 6) is 0. The van der Waals surface area contributed by atoms with E-state index in [4.69, 9.17) is 0 Å². The van der Waals surface area contributed by atoms with Crippen molar-refractivity contribution in [3.63, 3.8) is 0 Å². The Labute approximate surface area is 78.6 Å². The van der Waals surface area contributed by atoms with Gasteiger partial charge in [0.1, 0.15) is 0 Å². The van der Waals surface area contributed by atoms with Crippen LogP contribution in [0.25, 0.3) is 0 Å². The summed E-state index contributed by atoms with van der Waals surface area (Å²) in [5, 5.41) is 0. The molecule has 1 heteroatoms. The second-order valence-electron chi connectivity index (χ2n) is 2.05. The molecule has 0 aromatic heterocycles. The van der Waals surface area contributed by atoms with Crippen molar-refractivity contribution in [1.29, 1.82) is 0 Å². The van der Waals surface area contributed by atoms with E-state index in [1.54, 1.807) is 0 Å². The Bertz CT molecular complexity index is 143. The van der Waals surface area contributed by atoms with E-state index in [9.17, 15) is 0 Å². The van der Waals surface area contributed by atoms with E-state index in [2.05, 4.69) is 25.1 Å². The molecule has 9 heavy (non-hydrogen) atoms. The maximum atomic E-state index is 3.10. The summed E-state index contributed by atoms with van der Waals surface area (Å²) in [5.41, 5.74) is 2.48. The zero-order chi connectivity index (χ0) is 5.98. The van der Waals surface area contributed by atoms with Gasteiger partial charge in [-0.05, 0) is 25.5 Å². The molecule has 0 amide bonds. The molecule has 0 spiro atoms. The zero-order valence-corrected chi connectivity index (χ0v) is 5.23. The molecule has 0 nitrogen and oxygen atoms in total. The molecule has 0 saturated carbocycles. The van der Waals surface area contributed by atoms with E-state index >= 15 is 0 Å². The van der Waals surface area contributed by atoms with Gasteiger partial charge in [-0.2, -0.15) is 0 Å². The van der Waals surface area contributed by atoms with Crippen molar-refractivity contribution in [1.82, 2.24) is 0 Å². The average Bonchev–Trinajstić information content (AvgIpc) is 1.77. The molecule has 1 rings (SSSR count). The second kappa shape index (κ2) is 4.10. The molecule has 0 aliphatic carbocycles. The first-order chi connectivity index (χ1) is 3.79. The van der Waals surface area contributed by atoms with Gasteiger partial charge in [0.05, 0.1) is 0 Å². The third kappa shape index (κ3) is 3.04. The van der Waals surface area contributed by atoms with Crippen LogP contribution in [-0.2, 0) is 0 Å². The maximum absolute atomic E-state index is 3.10. The topological polar surface area (TPSA) is 0 Å². The van der Waals surface area contributed by atoms with Crippen LogP contribution in [0.2, 0.25) is 0 Å². The molecular weight excluding hydrogens is 119 g/mol. The van der Waals surface area contributed by atoms with Crippen LogP contribution in [-0.4, -0.2) is 29.6 Å². The first-order valence-electron chi connectivity index (χ1n) is 2.74. The predicted octanol–water partition coefficient (Wildman–Crippen LogP) is 1.46. The van der Waals surface area contributed by atoms with Gasteiger partial charge < -0.3 is 0 Å². The predicted molar refractivity (Wildman–Crippen MR) is 41.9 cm³/mol. The van der Waals surface area contributed by atoms with E-state index in [0.29, 0.717) is 0 Å². The van der Waals surface area contributed by atoms with Gasteiger partial charge in [-0.3, -0.25) is 0 Å². The molecule has 1 aromatic carbocycles. The van der Waals surface area contributed by atoms with Crippen LogP contribution in [0.1, 0.15) is 11.1 Å². The van der Waals surface area contributed by atoms with Crippen LogP contribution in [0.4, 0.5) is 0 Å². The average molecular weight is 129 g/mol. The van der Waals surface area contributed by atoms with Crippen LogP contribution < -0.4 is 0 Å². The molecule has 0 saturated heterocycles. The molecule has 0 atom stereocenters. The van der Waals surface area contributed by atoms with Gasteiger partial charge in [-0.25, -0.2) is 0 Å². The summed E-state index contributed by atoms with van der Waals surface area (Å²) in [7, 11) is 0. The molecule has 0 unspecified atom stereocenters. The molecule has 1 aromatic rings. The van der Waals surface area contributed by atoms with E-state index < -0.39 is 0 Å². The molecule has 0 aliphatic heterocycles. The number of aryl methyl sites for hydroxylation is 2. The third-order valence-electron chi connectivity index (χ3n) is 1.12. The summed E-state index contributed by atoms with van der Waals surface area (Å²) in [4.78, 5) is 0. The van der Waals surface area contributed by atoms with Crippen LogP contribution in [0.15, 0.2) is 18.2 Å². The molecular formula is C8H10Na. The van der Waals surface area contributed by atoms with Crippen molar-refractivity contribution in [3.8, 4) is 0 Å². The van der Waals surface area contributed by atoms with E-state index in [1.807, 2.05) is 13.0 Å². The molecule has 43 valence electrons. The Morgan fingerprint density at radius 1 is 1.22 bits per heavy atom. The van der Waals surface area contributed by atoms with Crippen molar-refractivity contribution in [3.05, 3.63) is 35.4 Å². The Hall–Kier alpha value is 0.220. The molecule has 0 N–H and O–H groups in total. The van der Waals surface area contributed by atoms with Gasteiger partial charge in [0.25, 0.3) is 0 Å². The van der Waals surface area contributed by atoms with Crippen LogP contribution in [0.5, 0.6) is 0 Å². The molecule has 0 aliphatic rings. The first-order valence-corrected chi connectivity index (χ1v) is 2.74. The van der Waals surface area contributed by atoms with Crippen LogP contribution >= 0.6 is 0 Å². The molecule has 0 fully saturated rings. The van der Waals surface area contributed by atoms with Crippen LogP contribution in [0, 0.1) is 19.9 Å². The van der Waals surface area contributed by atoms with Gasteiger partial charge in [0, 0.05) is 0 Å². The fourth-order valence-corrected chi connectivity index (χ4v) is 0.580.